The summed E-state index contributed by atoms with van der Waals surface area (Å²) in [5.74, 6) is 0.206. The summed E-state index contributed by atoms with van der Waals surface area (Å²) in [4.78, 5) is 39.7. The number of carbonyl (C=O) groups is 2. The summed E-state index contributed by atoms with van der Waals surface area (Å²) in [5.41, 5.74) is 2.95. The number of hydrogen-bond donors (Lipinski definition) is 2. The molecule has 0 radical (unpaired) electrons. The number of piperazine rings is 1. The van der Waals surface area contributed by atoms with Crippen molar-refractivity contribution < 1.29 is 14.3 Å². The Hall–Kier alpha value is -3.59. The van der Waals surface area contributed by atoms with E-state index in [1.54, 1.807) is 17.2 Å². The molecule has 0 aliphatic carbocycles. The maximum Gasteiger partial charge on any atom is 0.410 e. The summed E-state index contributed by atoms with van der Waals surface area (Å²) in [5, 5.41) is 3.94. The van der Waals surface area contributed by atoms with Crippen molar-refractivity contribution in [3.8, 4) is 0 Å². The molecule has 2 N–H and O–H groups in total. The fourth-order valence-corrected chi connectivity index (χ4v) is 5.00. The SMILES string of the molecule is C=C/C(=C\C(=C/C)N1CCN(C(=O)OC(C)(C)C)CC1)C(=O)Nc1cc2[nH]c(C3CCCN3C)cc2cn1. The van der Waals surface area contributed by atoms with Gasteiger partial charge < -0.3 is 24.8 Å². The molecule has 1 atom stereocenters. The molecule has 0 saturated carbocycles. The molecule has 4 heterocycles. The van der Waals surface area contributed by atoms with Gasteiger partial charge in [-0.05, 0) is 66.3 Å². The molecule has 2 aromatic rings. The number of ether oxygens (including phenoxy) is 1. The third kappa shape index (κ3) is 6.45. The van der Waals surface area contributed by atoms with Crippen molar-refractivity contribution in [2.45, 2.75) is 52.2 Å². The molecule has 0 spiro atoms. The highest BCUT2D eigenvalue weighted by Crippen LogP contribution is 2.32. The number of likely N-dealkylation sites (tertiary alicyclic amines) is 1. The number of allylic oxidation sites excluding steroid dienone is 2. The van der Waals surface area contributed by atoms with Crippen LogP contribution in [0.4, 0.5) is 10.6 Å². The van der Waals surface area contributed by atoms with Crippen molar-refractivity contribution in [3.63, 3.8) is 0 Å². The van der Waals surface area contributed by atoms with E-state index >= 15 is 0 Å². The smallest absolute Gasteiger partial charge is 0.410 e. The van der Waals surface area contributed by atoms with Crippen LogP contribution in [0.25, 0.3) is 10.9 Å². The first kappa shape index (κ1) is 27.4. The third-order valence-electron chi connectivity index (χ3n) is 7.02. The third-order valence-corrected chi connectivity index (χ3v) is 7.02. The lowest BCUT2D eigenvalue weighted by Crippen LogP contribution is -2.49. The number of aromatic nitrogens is 2. The molecule has 2 fully saturated rings. The summed E-state index contributed by atoms with van der Waals surface area (Å²) in [6.07, 6.45) is 9.17. The Morgan fingerprint density at radius 1 is 1.16 bits per heavy atom. The van der Waals surface area contributed by atoms with Gasteiger partial charge in [0, 0.05) is 66.8 Å². The van der Waals surface area contributed by atoms with E-state index in [9.17, 15) is 9.59 Å². The Morgan fingerprint density at radius 3 is 2.47 bits per heavy atom. The van der Waals surface area contributed by atoms with Crippen LogP contribution in [0, 0.1) is 0 Å². The first-order valence-electron chi connectivity index (χ1n) is 13.3. The van der Waals surface area contributed by atoms with Crippen molar-refractivity contribution in [2.75, 3.05) is 45.1 Å². The summed E-state index contributed by atoms with van der Waals surface area (Å²) in [6.45, 7) is 14.9. The number of amides is 2. The molecule has 9 nitrogen and oxygen atoms in total. The quantitative estimate of drug-likeness (QED) is 0.418. The van der Waals surface area contributed by atoms with Gasteiger partial charge in [0.05, 0.1) is 5.52 Å². The Morgan fingerprint density at radius 2 is 1.87 bits per heavy atom. The lowest BCUT2D eigenvalue weighted by atomic mass is 10.1. The predicted octanol–water partition coefficient (Wildman–Crippen LogP) is 4.84. The van der Waals surface area contributed by atoms with E-state index < -0.39 is 5.60 Å². The van der Waals surface area contributed by atoms with Crippen LogP contribution >= 0.6 is 0 Å². The average molecular weight is 521 g/mol. The molecule has 9 heteroatoms. The van der Waals surface area contributed by atoms with Gasteiger partial charge in [0.2, 0.25) is 0 Å². The zero-order valence-electron chi connectivity index (χ0n) is 23.2. The van der Waals surface area contributed by atoms with Crippen LogP contribution in [0.1, 0.15) is 52.3 Å². The first-order valence-corrected chi connectivity index (χ1v) is 13.3. The van der Waals surface area contributed by atoms with Gasteiger partial charge in [-0.25, -0.2) is 9.78 Å². The van der Waals surface area contributed by atoms with Crippen LogP contribution in [-0.4, -0.2) is 82.0 Å². The van der Waals surface area contributed by atoms with Crippen molar-refractivity contribution >= 4 is 28.7 Å². The molecular weight excluding hydrogens is 480 g/mol. The van der Waals surface area contributed by atoms with Crippen LogP contribution < -0.4 is 5.32 Å². The molecule has 2 saturated heterocycles. The molecule has 0 aromatic carbocycles. The summed E-state index contributed by atoms with van der Waals surface area (Å²) < 4.78 is 5.49. The average Bonchev–Trinajstić information content (AvgIpc) is 3.49. The normalized spacial score (nSPS) is 19.7. The van der Waals surface area contributed by atoms with Gasteiger partial charge in [-0.1, -0.05) is 18.7 Å². The number of carbonyl (C=O) groups excluding carboxylic acids is 2. The Balaban J connectivity index is 1.40. The zero-order valence-corrected chi connectivity index (χ0v) is 23.2. The number of hydrogen-bond acceptors (Lipinski definition) is 6. The zero-order chi connectivity index (χ0) is 27.4. The second kappa shape index (κ2) is 11.4. The van der Waals surface area contributed by atoms with Crippen LogP contribution in [-0.2, 0) is 9.53 Å². The van der Waals surface area contributed by atoms with Crippen molar-refractivity contribution in [1.29, 1.82) is 0 Å². The largest absolute Gasteiger partial charge is 0.444 e. The van der Waals surface area contributed by atoms with Gasteiger partial charge >= 0.3 is 6.09 Å². The van der Waals surface area contributed by atoms with E-state index in [1.165, 1.54) is 12.1 Å². The minimum Gasteiger partial charge on any atom is -0.444 e. The predicted molar refractivity (Wildman–Crippen MR) is 151 cm³/mol. The fraction of sp³-hybridized carbons (Fsp3) is 0.483. The highest BCUT2D eigenvalue weighted by atomic mass is 16.6. The summed E-state index contributed by atoms with van der Waals surface area (Å²) in [6, 6.07) is 4.41. The molecule has 38 heavy (non-hydrogen) atoms. The topological polar surface area (TPSA) is 93.8 Å². The number of aromatic amines is 1. The van der Waals surface area contributed by atoms with Crippen LogP contribution in [0.2, 0.25) is 0 Å². The van der Waals surface area contributed by atoms with E-state index in [0.29, 0.717) is 43.6 Å². The molecule has 0 bridgehead atoms. The second-order valence-corrected chi connectivity index (χ2v) is 10.9. The van der Waals surface area contributed by atoms with Gasteiger partial charge in [0.25, 0.3) is 5.91 Å². The van der Waals surface area contributed by atoms with Crippen molar-refractivity contribution in [1.82, 2.24) is 24.7 Å². The minimum atomic E-state index is -0.521. The van der Waals surface area contributed by atoms with E-state index in [1.807, 2.05) is 45.9 Å². The number of nitrogens with one attached hydrogen (secondary N) is 2. The molecular formula is C29H40N6O3. The lowest BCUT2D eigenvalue weighted by molar-refractivity contribution is -0.112. The summed E-state index contributed by atoms with van der Waals surface area (Å²) in [7, 11) is 2.15. The standard InChI is InChI=1S/C29H40N6O3/c1-7-20(16-22(8-2)34-12-14-35(15-13-34)28(37)38-29(3,4)5)27(36)32-26-18-23-21(19-30-26)17-24(31-23)25-10-9-11-33(25)6/h7-8,16-19,25,31H,1,9-15H2,2-6H3,(H,30,32,36)/b20-16+,22-8+. The van der Waals surface area contributed by atoms with E-state index in [2.05, 4.69) is 44.8 Å². The lowest BCUT2D eigenvalue weighted by Gasteiger charge is -2.37. The number of rotatable bonds is 6. The molecule has 2 aromatic heterocycles. The van der Waals surface area contributed by atoms with Gasteiger partial charge in [0.1, 0.15) is 11.4 Å². The van der Waals surface area contributed by atoms with Crippen LogP contribution in [0.15, 0.2) is 54.4 Å². The Bertz CT molecular complexity index is 1250. The molecule has 2 aliphatic heterocycles. The Labute approximate surface area is 225 Å². The highest BCUT2D eigenvalue weighted by Gasteiger charge is 2.27. The number of pyridine rings is 1. The minimum absolute atomic E-state index is 0.277. The number of nitrogens with zero attached hydrogens (tertiary/aromatic N) is 4. The molecule has 4 rings (SSSR count). The first-order chi connectivity index (χ1) is 18.1. The van der Waals surface area contributed by atoms with E-state index in [4.69, 9.17) is 4.74 Å². The summed E-state index contributed by atoms with van der Waals surface area (Å²) >= 11 is 0. The molecule has 2 amide bonds. The van der Waals surface area contributed by atoms with E-state index in [0.717, 1.165) is 29.6 Å². The van der Waals surface area contributed by atoms with Gasteiger partial charge in [-0.15, -0.1) is 0 Å². The Kier molecular flexibility index (Phi) is 8.26. The van der Waals surface area contributed by atoms with Crippen molar-refractivity contribution in [3.05, 3.63) is 60.1 Å². The molecule has 204 valence electrons. The number of H-pyrrole nitrogens is 1. The second-order valence-electron chi connectivity index (χ2n) is 10.9. The highest BCUT2D eigenvalue weighted by molar-refractivity contribution is 6.06. The van der Waals surface area contributed by atoms with Gasteiger partial charge in [-0.3, -0.25) is 9.69 Å². The van der Waals surface area contributed by atoms with Crippen LogP contribution in [0.3, 0.4) is 0 Å². The molecule has 1 unspecified atom stereocenters. The maximum absolute atomic E-state index is 13.1. The monoisotopic (exact) mass is 520 g/mol. The fourth-order valence-electron chi connectivity index (χ4n) is 5.00. The molecule has 2 aliphatic rings. The van der Waals surface area contributed by atoms with Gasteiger partial charge in [0.15, 0.2) is 0 Å². The van der Waals surface area contributed by atoms with Crippen molar-refractivity contribution in [2.24, 2.45) is 0 Å². The van der Waals surface area contributed by atoms with Crippen LogP contribution in [0.5, 0.6) is 0 Å². The van der Waals surface area contributed by atoms with Gasteiger partial charge in [-0.2, -0.15) is 0 Å². The maximum atomic E-state index is 13.1. The van der Waals surface area contributed by atoms with E-state index in [-0.39, 0.29) is 12.0 Å². The number of anilines is 1. The number of fused-ring (bicyclic) bond motifs is 1.